The van der Waals surface area contributed by atoms with Crippen LogP contribution < -0.4 is 4.74 Å². The van der Waals surface area contributed by atoms with Gasteiger partial charge in [0.1, 0.15) is 5.75 Å². The summed E-state index contributed by atoms with van der Waals surface area (Å²) in [5.41, 5.74) is 1.27. The highest BCUT2D eigenvalue weighted by molar-refractivity contribution is 6.31. The molecule has 0 fully saturated rings. The van der Waals surface area contributed by atoms with Crippen molar-refractivity contribution in [2.45, 2.75) is 13.3 Å². The number of ketones is 1. The fraction of sp³-hybridized carbons (Fsp3) is 0.364. The lowest BCUT2D eigenvalue weighted by Gasteiger charge is -2.09. The van der Waals surface area contributed by atoms with E-state index in [9.17, 15) is 4.79 Å². The molecule has 0 unspecified atom stereocenters. The Labute approximate surface area is 93.6 Å². The Morgan fingerprint density at radius 3 is 2.73 bits per heavy atom. The first-order valence-corrected chi connectivity index (χ1v) is 4.96. The van der Waals surface area contributed by atoms with Gasteiger partial charge in [-0.3, -0.25) is 4.79 Å². The minimum absolute atomic E-state index is 0.0791. The summed E-state index contributed by atoms with van der Waals surface area (Å²) in [5, 5.41) is 9.22. The normalized spacial score (nSPS) is 10.1. The van der Waals surface area contributed by atoms with E-state index in [-0.39, 0.29) is 18.8 Å². The third-order valence-electron chi connectivity index (χ3n) is 2.12. The van der Waals surface area contributed by atoms with Crippen molar-refractivity contribution in [3.8, 4) is 5.75 Å². The topological polar surface area (TPSA) is 46.5 Å². The zero-order valence-electron chi connectivity index (χ0n) is 8.71. The number of hydrogen-bond acceptors (Lipinski definition) is 3. The van der Waals surface area contributed by atoms with Gasteiger partial charge >= 0.3 is 0 Å². The first kappa shape index (κ1) is 12.0. The van der Waals surface area contributed by atoms with Crippen LogP contribution in [0.25, 0.3) is 0 Å². The molecule has 0 amide bonds. The van der Waals surface area contributed by atoms with E-state index in [1.807, 2.05) is 6.92 Å². The number of carbonyl (C=O) groups excluding carboxylic acids is 1. The summed E-state index contributed by atoms with van der Waals surface area (Å²) in [5.74, 6) is 0.326. The van der Waals surface area contributed by atoms with Gasteiger partial charge in [-0.25, -0.2) is 0 Å². The summed E-state index contributed by atoms with van der Waals surface area (Å²) in [7, 11) is 1.50. The number of ether oxygens (including phenoxy) is 1. The van der Waals surface area contributed by atoms with E-state index < -0.39 is 0 Å². The Bertz CT molecular complexity index is 374. The second-order valence-electron chi connectivity index (χ2n) is 3.20. The van der Waals surface area contributed by atoms with Crippen LogP contribution in [0.2, 0.25) is 5.02 Å². The van der Waals surface area contributed by atoms with Gasteiger partial charge in [0.15, 0.2) is 5.78 Å². The van der Waals surface area contributed by atoms with Crippen LogP contribution in [-0.4, -0.2) is 24.6 Å². The van der Waals surface area contributed by atoms with E-state index in [4.69, 9.17) is 21.4 Å². The number of benzene rings is 1. The molecule has 4 heteroatoms. The van der Waals surface area contributed by atoms with E-state index in [1.54, 1.807) is 12.1 Å². The smallest absolute Gasteiger partial charge is 0.168 e. The first-order valence-electron chi connectivity index (χ1n) is 4.58. The molecule has 0 heterocycles. The first-order chi connectivity index (χ1) is 7.10. The largest absolute Gasteiger partial charge is 0.496 e. The third-order valence-corrected chi connectivity index (χ3v) is 2.53. The van der Waals surface area contributed by atoms with Crippen molar-refractivity contribution in [2.24, 2.45) is 0 Å². The highest BCUT2D eigenvalue weighted by atomic mass is 35.5. The van der Waals surface area contributed by atoms with Gasteiger partial charge in [0, 0.05) is 11.4 Å². The molecule has 1 aromatic carbocycles. The van der Waals surface area contributed by atoms with E-state index in [2.05, 4.69) is 0 Å². The van der Waals surface area contributed by atoms with Gasteiger partial charge in [0.25, 0.3) is 0 Å². The van der Waals surface area contributed by atoms with Gasteiger partial charge in [-0.1, -0.05) is 11.6 Å². The van der Waals surface area contributed by atoms with Crippen LogP contribution >= 0.6 is 11.6 Å². The number of rotatable bonds is 4. The van der Waals surface area contributed by atoms with Gasteiger partial charge in [-0.2, -0.15) is 0 Å². The molecule has 0 aromatic heterocycles. The molecule has 0 spiro atoms. The number of carbonyl (C=O) groups is 1. The van der Waals surface area contributed by atoms with Gasteiger partial charge in [0.05, 0.1) is 19.3 Å². The quantitative estimate of drug-likeness (QED) is 0.804. The number of aryl methyl sites for hydroxylation is 1. The van der Waals surface area contributed by atoms with Crippen molar-refractivity contribution < 1.29 is 14.6 Å². The van der Waals surface area contributed by atoms with Crippen molar-refractivity contribution in [3.05, 3.63) is 28.3 Å². The fourth-order valence-corrected chi connectivity index (χ4v) is 1.44. The van der Waals surface area contributed by atoms with Gasteiger partial charge in [-0.05, 0) is 24.6 Å². The van der Waals surface area contributed by atoms with E-state index >= 15 is 0 Å². The minimum Gasteiger partial charge on any atom is -0.496 e. The van der Waals surface area contributed by atoms with Gasteiger partial charge in [0.2, 0.25) is 0 Å². The third kappa shape index (κ3) is 2.70. The maximum absolute atomic E-state index is 11.6. The van der Waals surface area contributed by atoms with E-state index in [0.29, 0.717) is 16.3 Å². The molecular weight excluding hydrogens is 216 g/mol. The van der Waals surface area contributed by atoms with Crippen molar-refractivity contribution in [1.29, 1.82) is 0 Å². The van der Waals surface area contributed by atoms with Gasteiger partial charge in [-0.15, -0.1) is 0 Å². The Balaban J connectivity index is 3.15. The standard InChI is InChI=1S/C11H13ClO3/c1-7-5-11(15-2)8(6-9(7)12)10(14)3-4-13/h5-6,13H,3-4H2,1-2H3. The molecule has 82 valence electrons. The van der Waals surface area contributed by atoms with Crippen molar-refractivity contribution >= 4 is 17.4 Å². The Hall–Kier alpha value is -1.06. The van der Waals surface area contributed by atoms with Crippen LogP contribution in [-0.2, 0) is 0 Å². The molecule has 1 N–H and O–H groups in total. The highest BCUT2D eigenvalue weighted by Gasteiger charge is 2.13. The maximum atomic E-state index is 11.6. The summed E-state index contributed by atoms with van der Waals surface area (Å²) in [6, 6.07) is 3.29. The molecule has 15 heavy (non-hydrogen) atoms. The summed E-state index contributed by atoms with van der Waals surface area (Å²) < 4.78 is 5.09. The van der Waals surface area contributed by atoms with Crippen LogP contribution in [0.3, 0.4) is 0 Å². The molecule has 0 saturated carbocycles. The van der Waals surface area contributed by atoms with Crippen LogP contribution in [0.15, 0.2) is 12.1 Å². The zero-order valence-corrected chi connectivity index (χ0v) is 9.47. The van der Waals surface area contributed by atoms with Crippen molar-refractivity contribution in [2.75, 3.05) is 13.7 Å². The molecule has 0 atom stereocenters. The molecular formula is C11H13ClO3. The molecule has 3 nitrogen and oxygen atoms in total. The van der Waals surface area contributed by atoms with E-state index in [1.165, 1.54) is 7.11 Å². The molecule has 1 aromatic rings. The van der Waals surface area contributed by atoms with Crippen molar-refractivity contribution in [1.82, 2.24) is 0 Å². The second-order valence-corrected chi connectivity index (χ2v) is 3.61. The monoisotopic (exact) mass is 228 g/mol. The van der Waals surface area contributed by atoms with Crippen LogP contribution in [0.4, 0.5) is 0 Å². The lowest BCUT2D eigenvalue weighted by atomic mass is 10.1. The molecule has 0 radical (unpaired) electrons. The predicted molar refractivity (Wildman–Crippen MR) is 58.8 cm³/mol. The second kappa shape index (κ2) is 5.14. The maximum Gasteiger partial charge on any atom is 0.168 e. The summed E-state index contributed by atoms with van der Waals surface area (Å²) in [6.45, 7) is 1.67. The number of Topliss-reactive ketones (excluding diaryl/α,β-unsaturated/α-hetero) is 1. The average molecular weight is 229 g/mol. The van der Waals surface area contributed by atoms with Crippen LogP contribution in [0, 0.1) is 6.92 Å². The molecule has 0 saturated heterocycles. The zero-order chi connectivity index (χ0) is 11.4. The fourth-order valence-electron chi connectivity index (χ4n) is 1.28. The molecule has 0 bridgehead atoms. The average Bonchev–Trinajstić information content (AvgIpc) is 2.21. The molecule has 0 aliphatic carbocycles. The minimum atomic E-state index is -0.173. The summed E-state index contributed by atoms with van der Waals surface area (Å²) in [4.78, 5) is 11.6. The van der Waals surface area contributed by atoms with Crippen molar-refractivity contribution in [3.63, 3.8) is 0 Å². The van der Waals surface area contributed by atoms with E-state index in [0.717, 1.165) is 5.56 Å². The lowest BCUT2D eigenvalue weighted by Crippen LogP contribution is -2.04. The molecule has 1 rings (SSSR count). The Kier molecular flexibility index (Phi) is 4.12. The predicted octanol–water partition coefficient (Wildman–Crippen LogP) is 2.22. The Morgan fingerprint density at radius 2 is 2.20 bits per heavy atom. The number of aliphatic hydroxyl groups excluding tert-OH is 1. The van der Waals surface area contributed by atoms with Crippen LogP contribution in [0.1, 0.15) is 22.3 Å². The number of aliphatic hydroxyl groups is 1. The number of hydrogen-bond donors (Lipinski definition) is 1. The van der Waals surface area contributed by atoms with Crippen LogP contribution in [0.5, 0.6) is 5.75 Å². The Morgan fingerprint density at radius 1 is 1.53 bits per heavy atom. The highest BCUT2D eigenvalue weighted by Crippen LogP contribution is 2.27. The SMILES string of the molecule is COc1cc(C)c(Cl)cc1C(=O)CCO. The lowest BCUT2D eigenvalue weighted by molar-refractivity contribution is 0.0953. The number of halogens is 1. The molecule has 0 aliphatic rings. The summed E-state index contributed by atoms with van der Waals surface area (Å²) >= 11 is 5.92. The van der Waals surface area contributed by atoms with Gasteiger partial charge < -0.3 is 9.84 Å². The number of methoxy groups -OCH3 is 1. The summed E-state index contributed by atoms with van der Waals surface area (Å²) in [6.07, 6.45) is 0.0791. The molecule has 0 aliphatic heterocycles.